The van der Waals surface area contributed by atoms with E-state index in [1.807, 2.05) is 0 Å². The Kier molecular flexibility index (Phi) is 10.4. The molecule has 2 aromatic carbocycles. The van der Waals surface area contributed by atoms with Crippen LogP contribution in [-0.4, -0.2) is 96.8 Å². The average Bonchev–Trinajstić information content (AvgIpc) is 3.57. The van der Waals surface area contributed by atoms with Crippen molar-refractivity contribution in [1.82, 2.24) is 19.9 Å². The highest BCUT2D eigenvalue weighted by molar-refractivity contribution is 6.90. The Hall–Kier alpha value is -4.12. The van der Waals surface area contributed by atoms with Crippen molar-refractivity contribution in [3.05, 3.63) is 41.5 Å². The molecule has 56 heavy (non-hydrogen) atoms. The normalized spacial score (nSPS) is 22.8. The van der Waals surface area contributed by atoms with Gasteiger partial charge in [0, 0.05) is 43.5 Å². The molecule has 0 unspecified atom stereocenters. The van der Waals surface area contributed by atoms with Gasteiger partial charge in [-0.1, -0.05) is 53.5 Å². The smallest absolute Gasteiger partial charge is 0.319 e. The maximum absolute atomic E-state index is 17.6. The number of nitrogens with zero attached hydrogens (tertiary/aromatic N) is 5. The van der Waals surface area contributed by atoms with Crippen LogP contribution >= 0.6 is 0 Å². The highest BCUT2D eigenvalue weighted by Crippen LogP contribution is 2.45. The number of ether oxygens (including phenoxy) is 3. The van der Waals surface area contributed by atoms with Crippen molar-refractivity contribution in [2.45, 2.75) is 108 Å². The van der Waals surface area contributed by atoms with E-state index in [1.54, 1.807) is 6.07 Å². The van der Waals surface area contributed by atoms with Crippen molar-refractivity contribution in [3.8, 4) is 40.4 Å². The van der Waals surface area contributed by atoms with E-state index >= 15 is 8.78 Å². The van der Waals surface area contributed by atoms with Gasteiger partial charge in [-0.25, -0.2) is 18.2 Å². The van der Waals surface area contributed by atoms with Crippen LogP contribution in [0.25, 0.3) is 32.9 Å². The number of pyridine rings is 1. The van der Waals surface area contributed by atoms with Gasteiger partial charge in [-0.05, 0) is 66.0 Å². The molecule has 0 amide bonds. The van der Waals surface area contributed by atoms with E-state index in [0.717, 1.165) is 25.8 Å². The first-order valence-corrected chi connectivity index (χ1v) is 22.4. The lowest BCUT2D eigenvalue weighted by Gasteiger charge is -2.38. The molecule has 0 spiro atoms. The lowest BCUT2D eigenvalue weighted by Crippen LogP contribution is -2.43. The number of rotatable bonds is 7. The lowest BCUT2D eigenvalue weighted by atomic mass is 9.95. The SMILES string of the molecule is CC(C)[Si](C#Cc1c(F)ccc2cc(O)cc(-c3nc4c5c(nc(OC[C@@]67CCCN6C[C@H](F)C7)nc5c3F)N3CCCOC[C@H]3CCO4)c12)(C(C)C)C(C)C. The van der Waals surface area contributed by atoms with Crippen LogP contribution in [0.2, 0.25) is 16.6 Å². The summed E-state index contributed by atoms with van der Waals surface area (Å²) in [6, 6.07) is 5.72. The van der Waals surface area contributed by atoms with Gasteiger partial charge in [-0.2, -0.15) is 9.97 Å². The van der Waals surface area contributed by atoms with Crippen molar-refractivity contribution < 1.29 is 32.5 Å². The Labute approximate surface area is 328 Å². The maximum atomic E-state index is 17.6. The Bertz CT molecular complexity index is 2210. The Morgan fingerprint density at radius 2 is 1.79 bits per heavy atom. The minimum Gasteiger partial charge on any atom is -0.508 e. The van der Waals surface area contributed by atoms with Crippen molar-refractivity contribution in [2.75, 3.05) is 51.0 Å². The Morgan fingerprint density at radius 1 is 1.00 bits per heavy atom. The number of halogens is 3. The monoisotopic (exact) mass is 787 g/mol. The molecule has 13 heteroatoms. The van der Waals surface area contributed by atoms with E-state index in [1.165, 1.54) is 18.2 Å². The number of alkyl halides is 1. The fourth-order valence-corrected chi connectivity index (χ4v) is 15.5. The fourth-order valence-electron chi connectivity index (χ4n) is 10.3. The van der Waals surface area contributed by atoms with Gasteiger partial charge >= 0.3 is 6.01 Å². The summed E-state index contributed by atoms with van der Waals surface area (Å²) >= 11 is 0. The number of aromatic hydroxyl groups is 1. The number of fused-ring (bicyclic) bond motifs is 4. The summed E-state index contributed by atoms with van der Waals surface area (Å²) in [5.74, 6) is 2.37. The standard InChI is InChI=1S/C43H52F3N5O4Si/c1-25(2)56(26(3)4,27(5)6)18-12-32-34(45)10-9-28-19-31(52)20-33(35(28)32)38-37(46)39-36-40(51-15-8-16-53-23-30(51)11-17-54-41(36)47-38)49-42(48-39)55-24-43-13-7-14-50(43)22-29(44)21-43/h9-10,19-20,25-27,29-30,52H,7-8,11,13-17,21-24H2,1-6H3/t29-,30-,43+/m1/s1. The molecule has 9 nitrogen and oxygen atoms in total. The van der Waals surface area contributed by atoms with Crippen molar-refractivity contribution in [1.29, 1.82) is 0 Å². The van der Waals surface area contributed by atoms with Crippen LogP contribution in [0.1, 0.15) is 79.2 Å². The summed E-state index contributed by atoms with van der Waals surface area (Å²) in [6.45, 7) is 16.4. The molecule has 4 aliphatic rings. The van der Waals surface area contributed by atoms with E-state index in [4.69, 9.17) is 29.2 Å². The summed E-state index contributed by atoms with van der Waals surface area (Å²) in [4.78, 5) is 18.7. The molecular weight excluding hydrogens is 736 g/mol. The summed E-state index contributed by atoms with van der Waals surface area (Å²) in [5.41, 5.74) is 4.14. The van der Waals surface area contributed by atoms with E-state index in [2.05, 4.69) is 62.8 Å². The van der Waals surface area contributed by atoms with Gasteiger partial charge in [0.15, 0.2) is 5.82 Å². The van der Waals surface area contributed by atoms with Crippen LogP contribution in [0.4, 0.5) is 19.0 Å². The van der Waals surface area contributed by atoms with E-state index in [9.17, 15) is 9.50 Å². The number of phenolic OH excluding ortho intramolecular Hbond substituents is 1. The molecule has 1 N–H and O–H groups in total. The largest absolute Gasteiger partial charge is 0.508 e. The Morgan fingerprint density at radius 3 is 2.55 bits per heavy atom. The third-order valence-electron chi connectivity index (χ3n) is 12.9. The highest BCUT2D eigenvalue weighted by atomic mass is 28.3. The predicted molar refractivity (Wildman–Crippen MR) is 215 cm³/mol. The van der Waals surface area contributed by atoms with Gasteiger partial charge in [0.25, 0.3) is 0 Å². The van der Waals surface area contributed by atoms with Crippen molar-refractivity contribution in [3.63, 3.8) is 0 Å². The van der Waals surface area contributed by atoms with E-state index in [-0.39, 0.29) is 59.2 Å². The highest BCUT2D eigenvalue weighted by Gasteiger charge is 2.49. The first-order chi connectivity index (χ1) is 26.8. The first kappa shape index (κ1) is 38.7. The molecule has 298 valence electrons. The molecular formula is C43H52F3N5O4Si. The molecule has 2 aromatic heterocycles. The second-order valence-corrected chi connectivity index (χ2v) is 22.7. The minimum atomic E-state index is -2.31. The summed E-state index contributed by atoms with van der Waals surface area (Å²) in [6.07, 6.45) is 2.49. The maximum Gasteiger partial charge on any atom is 0.319 e. The zero-order valence-electron chi connectivity index (χ0n) is 33.2. The van der Waals surface area contributed by atoms with E-state index in [0.29, 0.717) is 77.7 Å². The van der Waals surface area contributed by atoms with Crippen LogP contribution in [-0.2, 0) is 4.74 Å². The third-order valence-corrected chi connectivity index (χ3v) is 19.2. The molecule has 3 atom stereocenters. The molecule has 8 rings (SSSR count). The molecule has 0 saturated carbocycles. The lowest BCUT2D eigenvalue weighted by molar-refractivity contribution is 0.107. The van der Waals surface area contributed by atoms with Gasteiger partial charge in [0.05, 0.1) is 30.4 Å². The second-order valence-electron chi connectivity index (χ2n) is 17.1. The zero-order valence-corrected chi connectivity index (χ0v) is 34.2. The van der Waals surface area contributed by atoms with Crippen LogP contribution in [0, 0.1) is 23.1 Å². The molecule has 6 heterocycles. The third kappa shape index (κ3) is 6.55. The predicted octanol–water partition coefficient (Wildman–Crippen LogP) is 8.73. The number of aromatic nitrogens is 3. The molecule has 3 fully saturated rings. The van der Waals surface area contributed by atoms with Gasteiger partial charge in [0.1, 0.15) is 54.8 Å². The zero-order chi connectivity index (χ0) is 39.5. The quantitative estimate of drug-likeness (QED) is 0.146. The molecule has 4 aliphatic heterocycles. The van der Waals surface area contributed by atoms with E-state index < -0.39 is 31.4 Å². The molecule has 0 bridgehead atoms. The number of phenols is 1. The number of hydrogen-bond acceptors (Lipinski definition) is 9. The number of benzene rings is 2. The van der Waals surface area contributed by atoms with Crippen LogP contribution in [0.5, 0.6) is 17.6 Å². The topological polar surface area (TPSA) is 93.1 Å². The van der Waals surface area contributed by atoms with Gasteiger partial charge in [0.2, 0.25) is 5.88 Å². The van der Waals surface area contributed by atoms with Crippen LogP contribution in [0.15, 0.2) is 24.3 Å². The molecule has 0 radical (unpaired) electrons. The van der Waals surface area contributed by atoms with Gasteiger partial charge < -0.3 is 24.2 Å². The second kappa shape index (κ2) is 15.0. The van der Waals surface area contributed by atoms with Crippen molar-refractivity contribution >= 4 is 35.6 Å². The molecule has 4 aromatic rings. The first-order valence-electron chi connectivity index (χ1n) is 20.2. The number of hydrogen-bond donors (Lipinski definition) is 1. The summed E-state index contributed by atoms with van der Waals surface area (Å²) < 4.78 is 67.1. The van der Waals surface area contributed by atoms with Crippen LogP contribution in [0.3, 0.4) is 0 Å². The number of anilines is 1. The van der Waals surface area contributed by atoms with Gasteiger partial charge in [-0.15, -0.1) is 5.54 Å². The Balaban J connectivity index is 1.35. The van der Waals surface area contributed by atoms with Crippen molar-refractivity contribution in [2.24, 2.45) is 0 Å². The van der Waals surface area contributed by atoms with Crippen LogP contribution < -0.4 is 14.4 Å². The summed E-state index contributed by atoms with van der Waals surface area (Å²) in [5, 5.41) is 12.2. The average molecular weight is 788 g/mol. The molecule has 0 aliphatic carbocycles. The fraction of sp³-hybridized carbons (Fsp3) is 0.558. The summed E-state index contributed by atoms with van der Waals surface area (Å²) in [7, 11) is -2.31. The minimum absolute atomic E-state index is 0.0294. The van der Waals surface area contributed by atoms with Gasteiger partial charge in [-0.3, -0.25) is 4.90 Å². The molecule has 3 saturated heterocycles.